The Kier molecular flexibility index (Phi) is 5.54. The van der Waals surface area contributed by atoms with E-state index in [-0.39, 0.29) is 0 Å². The fraction of sp³-hybridized carbons (Fsp3) is 0. The van der Waals surface area contributed by atoms with Crippen molar-refractivity contribution in [2.45, 2.75) is 0 Å². The molecule has 44 heavy (non-hydrogen) atoms. The maximum absolute atomic E-state index is 3.87. The zero-order valence-electron chi connectivity index (χ0n) is 24.0. The molecule has 9 rings (SSSR count). The third-order valence-electron chi connectivity index (χ3n) is 8.99. The van der Waals surface area contributed by atoms with E-state index in [1.165, 1.54) is 76.7 Å². The van der Waals surface area contributed by atoms with Gasteiger partial charge in [0.25, 0.3) is 0 Å². The normalized spacial score (nSPS) is 11.6. The van der Waals surface area contributed by atoms with Crippen LogP contribution >= 0.6 is 0 Å². The second-order valence-electron chi connectivity index (χ2n) is 11.4. The maximum Gasteiger partial charge on any atom is 0.0545 e. The van der Waals surface area contributed by atoms with Gasteiger partial charge in [-0.05, 0) is 33.0 Å². The zero-order chi connectivity index (χ0) is 29.0. The highest BCUT2D eigenvalue weighted by molar-refractivity contribution is 6.25. The van der Waals surface area contributed by atoms with E-state index in [1.54, 1.807) is 0 Å². The van der Waals surface area contributed by atoms with Gasteiger partial charge in [-0.1, -0.05) is 158 Å². The number of hydrogen-bond donors (Lipinski definition) is 2. The standard InChI is InChI=1S/C42H28N2/c1-5-13-27(14-6-1)37-35-25-21-31-32-22-26-36-38(28-15-7-2-8-16-28)40(30-19-11-4-12-20-30)44-42(36)34(32)24-23-33(31)41(35)43-39(37)29-17-9-3-10-18-29/h1-26,43-44H. The molecule has 9 aromatic rings. The van der Waals surface area contributed by atoms with E-state index in [1.807, 2.05) is 0 Å². The molecule has 0 aliphatic carbocycles. The minimum Gasteiger partial charge on any atom is -0.353 e. The molecule has 2 heterocycles. The Morgan fingerprint density at radius 1 is 0.250 bits per heavy atom. The van der Waals surface area contributed by atoms with Crippen molar-refractivity contribution < 1.29 is 0 Å². The molecule has 0 radical (unpaired) electrons. The van der Waals surface area contributed by atoms with Crippen LogP contribution in [0.3, 0.4) is 0 Å². The highest BCUT2D eigenvalue weighted by Gasteiger charge is 2.20. The second-order valence-corrected chi connectivity index (χ2v) is 11.4. The summed E-state index contributed by atoms with van der Waals surface area (Å²) in [6.07, 6.45) is 0. The van der Waals surface area contributed by atoms with Crippen LogP contribution in [0.5, 0.6) is 0 Å². The smallest absolute Gasteiger partial charge is 0.0545 e. The van der Waals surface area contributed by atoms with Gasteiger partial charge in [-0.2, -0.15) is 0 Å². The highest BCUT2D eigenvalue weighted by Crippen LogP contribution is 2.44. The van der Waals surface area contributed by atoms with Gasteiger partial charge in [0.05, 0.1) is 22.4 Å². The molecule has 0 aliphatic heterocycles. The summed E-state index contributed by atoms with van der Waals surface area (Å²) >= 11 is 0. The average Bonchev–Trinajstić information content (AvgIpc) is 3.69. The van der Waals surface area contributed by atoms with Crippen LogP contribution in [0.15, 0.2) is 158 Å². The predicted octanol–water partition coefficient (Wildman–Crippen LogP) is 11.6. The molecule has 0 saturated carbocycles. The number of hydrogen-bond acceptors (Lipinski definition) is 0. The Labute approximate surface area is 255 Å². The summed E-state index contributed by atoms with van der Waals surface area (Å²) in [6.45, 7) is 0. The molecule has 2 nitrogen and oxygen atoms in total. The molecule has 0 unspecified atom stereocenters. The molecular formula is C42H28N2. The predicted molar refractivity (Wildman–Crippen MR) is 187 cm³/mol. The number of aromatic amines is 2. The lowest BCUT2D eigenvalue weighted by atomic mass is 9.94. The molecule has 206 valence electrons. The van der Waals surface area contributed by atoms with Gasteiger partial charge in [0, 0.05) is 32.7 Å². The molecule has 2 heteroatoms. The summed E-state index contributed by atoms with van der Waals surface area (Å²) in [7, 11) is 0. The Bertz CT molecular complexity index is 2280. The monoisotopic (exact) mass is 560 g/mol. The maximum atomic E-state index is 3.87. The Hall–Kier alpha value is -5.86. The van der Waals surface area contributed by atoms with E-state index in [2.05, 4.69) is 168 Å². The molecule has 2 aromatic heterocycles. The minimum absolute atomic E-state index is 1.15. The largest absolute Gasteiger partial charge is 0.353 e. The first-order valence-corrected chi connectivity index (χ1v) is 15.1. The fourth-order valence-corrected chi connectivity index (χ4v) is 7.00. The quantitative estimate of drug-likeness (QED) is 0.201. The van der Waals surface area contributed by atoms with Gasteiger partial charge in [-0.25, -0.2) is 0 Å². The molecule has 0 spiro atoms. The van der Waals surface area contributed by atoms with Crippen molar-refractivity contribution in [1.82, 2.24) is 9.97 Å². The molecule has 0 atom stereocenters. The van der Waals surface area contributed by atoms with Crippen LogP contribution in [0.1, 0.15) is 0 Å². The van der Waals surface area contributed by atoms with Crippen molar-refractivity contribution in [2.24, 2.45) is 0 Å². The lowest BCUT2D eigenvalue weighted by Crippen LogP contribution is -1.82. The lowest BCUT2D eigenvalue weighted by Gasteiger charge is -2.08. The Morgan fingerprint density at radius 2 is 0.545 bits per heavy atom. The molecule has 0 bridgehead atoms. The van der Waals surface area contributed by atoms with E-state index in [4.69, 9.17) is 0 Å². The van der Waals surface area contributed by atoms with Crippen molar-refractivity contribution in [2.75, 3.05) is 0 Å². The summed E-state index contributed by atoms with van der Waals surface area (Å²) < 4.78 is 0. The van der Waals surface area contributed by atoms with Crippen molar-refractivity contribution in [3.8, 4) is 44.8 Å². The van der Waals surface area contributed by atoms with Crippen LogP contribution in [0.4, 0.5) is 0 Å². The first-order valence-electron chi connectivity index (χ1n) is 15.1. The first kappa shape index (κ1) is 24.7. The van der Waals surface area contributed by atoms with Crippen LogP contribution in [0.25, 0.3) is 88.1 Å². The molecule has 0 saturated heterocycles. The zero-order valence-corrected chi connectivity index (χ0v) is 24.0. The molecule has 0 fully saturated rings. The summed E-state index contributed by atoms with van der Waals surface area (Å²) in [6, 6.07) is 56.6. The van der Waals surface area contributed by atoms with Gasteiger partial charge < -0.3 is 9.97 Å². The van der Waals surface area contributed by atoms with Gasteiger partial charge >= 0.3 is 0 Å². The third-order valence-corrected chi connectivity index (χ3v) is 8.99. The van der Waals surface area contributed by atoms with Gasteiger partial charge in [0.2, 0.25) is 0 Å². The lowest BCUT2D eigenvalue weighted by molar-refractivity contribution is 1.46. The van der Waals surface area contributed by atoms with Gasteiger partial charge in [-0.15, -0.1) is 0 Å². The van der Waals surface area contributed by atoms with Gasteiger partial charge in [0.15, 0.2) is 0 Å². The minimum atomic E-state index is 1.15. The van der Waals surface area contributed by atoms with Crippen molar-refractivity contribution in [3.63, 3.8) is 0 Å². The summed E-state index contributed by atoms with van der Waals surface area (Å²) in [5.41, 5.74) is 11.9. The second kappa shape index (κ2) is 9.86. The average molecular weight is 561 g/mol. The van der Waals surface area contributed by atoms with E-state index < -0.39 is 0 Å². The molecule has 0 aliphatic rings. The summed E-state index contributed by atoms with van der Waals surface area (Å²) in [4.78, 5) is 7.74. The van der Waals surface area contributed by atoms with E-state index in [0.29, 0.717) is 0 Å². The number of benzene rings is 7. The Balaban J connectivity index is 1.33. The number of fused-ring (bicyclic) bond motifs is 7. The van der Waals surface area contributed by atoms with Crippen LogP contribution in [0, 0.1) is 0 Å². The van der Waals surface area contributed by atoms with Gasteiger partial charge in [0.1, 0.15) is 0 Å². The van der Waals surface area contributed by atoms with Crippen molar-refractivity contribution in [1.29, 1.82) is 0 Å². The molecular weight excluding hydrogens is 532 g/mol. The van der Waals surface area contributed by atoms with Crippen LogP contribution in [-0.4, -0.2) is 9.97 Å². The fourth-order valence-electron chi connectivity index (χ4n) is 7.00. The highest BCUT2D eigenvalue weighted by atomic mass is 14.7. The van der Waals surface area contributed by atoms with E-state index in [9.17, 15) is 0 Å². The number of aromatic nitrogens is 2. The topological polar surface area (TPSA) is 31.6 Å². The van der Waals surface area contributed by atoms with Crippen LogP contribution in [0.2, 0.25) is 0 Å². The summed E-state index contributed by atoms with van der Waals surface area (Å²) in [5.74, 6) is 0. The Morgan fingerprint density at radius 3 is 0.909 bits per heavy atom. The number of H-pyrrole nitrogens is 2. The van der Waals surface area contributed by atoms with Crippen molar-refractivity contribution >= 4 is 43.4 Å². The van der Waals surface area contributed by atoms with Gasteiger partial charge in [-0.3, -0.25) is 0 Å². The molecule has 0 amide bonds. The van der Waals surface area contributed by atoms with E-state index >= 15 is 0 Å². The molecule has 7 aromatic carbocycles. The van der Waals surface area contributed by atoms with Crippen LogP contribution < -0.4 is 0 Å². The SMILES string of the molecule is c1ccc(-c2[nH]c3c(ccc4c5ccc6c(-c7ccccc7)c(-c7ccccc7)[nH]c6c5ccc43)c2-c2ccccc2)cc1. The number of rotatable bonds is 4. The summed E-state index contributed by atoms with van der Waals surface area (Å²) in [5, 5.41) is 7.42. The first-order chi connectivity index (χ1) is 21.8. The van der Waals surface area contributed by atoms with E-state index in [0.717, 1.165) is 11.4 Å². The molecule has 2 N–H and O–H groups in total. The number of nitrogens with one attached hydrogen (secondary N) is 2. The third kappa shape index (κ3) is 3.75. The van der Waals surface area contributed by atoms with Crippen molar-refractivity contribution in [3.05, 3.63) is 158 Å². The van der Waals surface area contributed by atoms with Crippen LogP contribution in [-0.2, 0) is 0 Å².